The Balaban J connectivity index is 1.75. The predicted molar refractivity (Wildman–Crippen MR) is 152 cm³/mol. The average Bonchev–Trinajstić information content (AvgIpc) is 3.16. The third-order valence-electron chi connectivity index (χ3n) is 7.58. The number of aryl methyl sites for hydroxylation is 2. The van der Waals surface area contributed by atoms with Gasteiger partial charge >= 0.3 is 0 Å². The maximum absolute atomic E-state index is 14.3. The molecule has 6 nitrogen and oxygen atoms in total. The van der Waals surface area contributed by atoms with Crippen molar-refractivity contribution in [3.05, 3.63) is 106 Å². The fourth-order valence-corrected chi connectivity index (χ4v) is 5.96. The normalized spacial score (nSPS) is 14.5. The Kier molecular flexibility index (Phi) is 5.56. The van der Waals surface area contributed by atoms with E-state index in [0.717, 1.165) is 52.3 Å². The van der Waals surface area contributed by atoms with Crippen LogP contribution in [0.1, 0.15) is 52.0 Å². The molecule has 0 atom stereocenters. The molecule has 0 aromatic heterocycles. The fraction of sp³-hybridized carbons (Fsp3) is 0.219. The standard InChI is InChI=1S/C32H31N3O3/c1-5-33-27-17-29-25(15-19(27)3)32(26-16-20(4)28(34-6-2)18-30(26)38-29)24-10-8-7-9-23(24)31(37)35(32)21-11-13-22(36)14-12-21/h7-18,33-34,36H,5-6H2,1-4H3. The van der Waals surface area contributed by atoms with Crippen LogP contribution in [0.4, 0.5) is 17.1 Å². The number of phenols is 1. The second-order valence-corrected chi connectivity index (χ2v) is 9.90. The van der Waals surface area contributed by atoms with Crippen LogP contribution < -0.4 is 20.3 Å². The number of amides is 1. The highest BCUT2D eigenvalue weighted by Crippen LogP contribution is 2.59. The zero-order valence-electron chi connectivity index (χ0n) is 22.1. The summed E-state index contributed by atoms with van der Waals surface area (Å²) < 4.78 is 6.64. The summed E-state index contributed by atoms with van der Waals surface area (Å²) in [5, 5.41) is 16.9. The highest BCUT2D eigenvalue weighted by atomic mass is 16.5. The van der Waals surface area contributed by atoms with Gasteiger partial charge in [-0.15, -0.1) is 0 Å². The van der Waals surface area contributed by atoms with Crippen LogP contribution in [0.2, 0.25) is 0 Å². The van der Waals surface area contributed by atoms with Crippen molar-refractivity contribution >= 4 is 23.0 Å². The average molecular weight is 506 g/mol. The molecular weight excluding hydrogens is 474 g/mol. The number of fused-ring (bicyclic) bond motifs is 6. The van der Waals surface area contributed by atoms with E-state index in [9.17, 15) is 9.90 Å². The maximum atomic E-state index is 14.3. The molecule has 1 amide bonds. The number of carbonyl (C=O) groups excluding carboxylic acids is 1. The highest BCUT2D eigenvalue weighted by molar-refractivity contribution is 6.14. The molecule has 2 aliphatic rings. The first-order valence-corrected chi connectivity index (χ1v) is 13.1. The number of ether oxygens (including phenoxy) is 1. The third kappa shape index (κ3) is 3.29. The minimum absolute atomic E-state index is 0.0908. The molecule has 0 unspecified atom stereocenters. The Morgan fingerprint density at radius 2 is 1.34 bits per heavy atom. The summed E-state index contributed by atoms with van der Waals surface area (Å²) in [7, 11) is 0. The van der Waals surface area contributed by atoms with Crippen molar-refractivity contribution in [3.63, 3.8) is 0 Å². The number of phenolic OH excluding ortho intramolecular Hbond substituents is 1. The van der Waals surface area contributed by atoms with Gasteiger partial charge in [0.05, 0.1) is 0 Å². The van der Waals surface area contributed by atoms with Crippen LogP contribution in [0, 0.1) is 13.8 Å². The van der Waals surface area contributed by atoms with Crippen molar-refractivity contribution in [2.45, 2.75) is 33.2 Å². The van der Waals surface area contributed by atoms with E-state index in [2.05, 4.69) is 50.5 Å². The van der Waals surface area contributed by atoms with Crippen molar-refractivity contribution in [3.8, 4) is 17.2 Å². The minimum Gasteiger partial charge on any atom is -0.508 e. The van der Waals surface area contributed by atoms with Gasteiger partial charge in [0.1, 0.15) is 22.8 Å². The highest BCUT2D eigenvalue weighted by Gasteiger charge is 2.57. The summed E-state index contributed by atoms with van der Waals surface area (Å²) in [5.41, 5.74) is 7.26. The Morgan fingerprint density at radius 3 is 1.89 bits per heavy atom. The van der Waals surface area contributed by atoms with Gasteiger partial charge < -0.3 is 20.5 Å². The number of rotatable bonds is 5. The molecule has 6 heteroatoms. The van der Waals surface area contributed by atoms with Crippen molar-refractivity contribution in [1.82, 2.24) is 0 Å². The molecule has 38 heavy (non-hydrogen) atoms. The third-order valence-corrected chi connectivity index (χ3v) is 7.58. The van der Waals surface area contributed by atoms with E-state index in [4.69, 9.17) is 4.74 Å². The van der Waals surface area contributed by atoms with Gasteiger partial charge in [0, 0.05) is 64.5 Å². The van der Waals surface area contributed by atoms with Gasteiger partial charge in [-0.05, 0) is 81.3 Å². The van der Waals surface area contributed by atoms with Crippen LogP contribution in [0.15, 0.2) is 72.8 Å². The largest absolute Gasteiger partial charge is 0.508 e. The molecule has 3 N–H and O–H groups in total. The first-order valence-electron chi connectivity index (χ1n) is 13.1. The predicted octanol–water partition coefficient (Wildman–Crippen LogP) is 6.93. The zero-order chi connectivity index (χ0) is 26.6. The van der Waals surface area contributed by atoms with Crippen LogP contribution >= 0.6 is 0 Å². The van der Waals surface area contributed by atoms with Gasteiger partial charge in [-0.3, -0.25) is 9.69 Å². The minimum atomic E-state index is -0.960. The summed E-state index contributed by atoms with van der Waals surface area (Å²) in [6.45, 7) is 9.86. The van der Waals surface area contributed by atoms with E-state index in [0.29, 0.717) is 22.7 Å². The van der Waals surface area contributed by atoms with Gasteiger partial charge in [0.2, 0.25) is 0 Å². The molecule has 6 rings (SSSR count). The lowest BCUT2D eigenvalue weighted by molar-refractivity contribution is 0.0985. The monoisotopic (exact) mass is 505 g/mol. The molecule has 0 aliphatic carbocycles. The quantitative estimate of drug-likeness (QED) is 0.274. The second kappa shape index (κ2) is 8.84. The van der Waals surface area contributed by atoms with E-state index in [-0.39, 0.29) is 11.7 Å². The van der Waals surface area contributed by atoms with Gasteiger partial charge in [-0.2, -0.15) is 0 Å². The van der Waals surface area contributed by atoms with Crippen LogP contribution in [0.5, 0.6) is 17.2 Å². The van der Waals surface area contributed by atoms with Crippen LogP contribution in [-0.2, 0) is 5.54 Å². The van der Waals surface area contributed by atoms with E-state index >= 15 is 0 Å². The molecule has 192 valence electrons. The molecule has 0 saturated carbocycles. The first kappa shape index (κ1) is 23.9. The topological polar surface area (TPSA) is 73.8 Å². The van der Waals surface area contributed by atoms with Crippen molar-refractivity contribution in [1.29, 1.82) is 0 Å². The van der Waals surface area contributed by atoms with Crippen molar-refractivity contribution in [2.75, 3.05) is 28.6 Å². The maximum Gasteiger partial charge on any atom is 0.260 e. The fourth-order valence-electron chi connectivity index (χ4n) is 5.96. The number of aromatic hydroxyl groups is 1. The van der Waals surface area contributed by atoms with Crippen LogP contribution in [0.25, 0.3) is 0 Å². The van der Waals surface area contributed by atoms with Crippen molar-refractivity contribution in [2.24, 2.45) is 0 Å². The molecule has 4 aromatic carbocycles. The second-order valence-electron chi connectivity index (χ2n) is 9.90. The molecule has 1 spiro atoms. The lowest BCUT2D eigenvalue weighted by Crippen LogP contribution is -2.47. The van der Waals surface area contributed by atoms with Gasteiger partial charge in [-0.1, -0.05) is 18.2 Å². The van der Waals surface area contributed by atoms with E-state index < -0.39 is 5.54 Å². The Bertz CT molecular complexity index is 1510. The van der Waals surface area contributed by atoms with Gasteiger partial charge in [0.25, 0.3) is 5.91 Å². The first-order chi connectivity index (χ1) is 18.4. The SMILES string of the molecule is CCNc1cc2c(cc1C)C1(c3cc(C)c(NCC)cc3O2)c2ccccc2C(=O)N1c1ccc(O)cc1. The number of hydrogen-bond acceptors (Lipinski definition) is 5. The van der Waals surface area contributed by atoms with E-state index in [1.54, 1.807) is 24.3 Å². The molecule has 0 radical (unpaired) electrons. The molecule has 2 heterocycles. The summed E-state index contributed by atoms with van der Waals surface area (Å²) in [4.78, 5) is 16.2. The molecule has 0 bridgehead atoms. The summed E-state index contributed by atoms with van der Waals surface area (Å²) in [5.74, 6) is 1.47. The molecule has 0 fully saturated rings. The summed E-state index contributed by atoms with van der Waals surface area (Å²) >= 11 is 0. The molecule has 0 saturated heterocycles. The smallest absolute Gasteiger partial charge is 0.260 e. The van der Waals surface area contributed by atoms with Crippen LogP contribution in [-0.4, -0.2) is 24.1 Å². The number of nitrogens with zero attached hydrogens (tertiary/aromatic N) is 1. The van der Waals surface area contributed by atoms with Crippen molar-refractivity contribution < 1.29 is 14.6 Å². The Labute approximate surface area is 222 Å². The number of hydrogen-bond donors (Lipinski definition) is 3. The van der Waals surface area contributed by atoms with Crippen LogP contribution in [0.3, 0.4) is 0 Å². The summed E-state index contributed by atoms with van der Waals surface area (Å²) in [6.07, 6.45) is 0. The number of anilines is 3. The Hall–Kier alpha value is -4.45. The Morgan fingerprint density at radius 1 is 0.789 bits per heavy atom. The molecular formula is C32H31N3O3. The molecule has 4 aromatic rings. The number of carbonyl (C=O) groups is 1. The lowest BCUT2D eigenvalue weighted by Gasteiger charge is -2.45. The summed E-state index contributed by atoms with van der Waals surface area (Å²) in [6, 6.07) is 23.1. The lowest BCUT2D eigenvalue weighted by atomic mass is 9.73. The van der Waals surface area contributed by atoms with E-state index in [1.807, 2.05) is 41.3 Å². The molecule has 2 aliphatic heterocycles. The number of nitrogens with one attached hydrogen (secondary N) is 2. The number of benzene rings is 4. The van der Waals surface area contributed by atoms with Gasteiger partial charge in [0.15, 0.2) is 0 Å². The zero-order valence-corrected chi connectivity index (χ0v) is 22.1. The van der Waals surface area contributed by atoms with Gasteiger partial charge in [-0.25, -0.2) is 0 Å². The van der Waals surface area contributed by atoms with E-state index in [1.165, 1.54) is 0 Å².